The molecule has 0 aliphatic heterocycles. The van der Waals surface area contributed by atoms with Crippen LogP contribution in [0.5, 0.6) is 0 Å². The molecule has 0 aromatic rings. The molecule has 0 saturated heterocycles. The Labute approximate surface area is 60.8 Å². The van der Waals surface area contributed by atoms with E-state index in [2.05, 4.69) is 12.7 Å². The van der Waals surface area contributed by atoms with Gasteiger partial charge in [0, 0.05) is 10.4 Å². The molecule has 0 atom stereocenters. The Morgan fingerprint density at radius 1 is 1.40 bits per heavy atom. The minimum absolute atomic E-state index is 1.09. The van der Waals surface area contributed by atoms with Gasteiger partial charge in [0.25, 0.3) is 0 Å². The van der Waals surface area contributed by atoms with E-state index in [1.165, 1.54) is 12.8 Å². The third-order valence-electron chi connectivity index (χ3n) is 0.604. The maximum atomic E-state index is 8.52. The summed E-state index contributed by atoms with van der Waals surface area (Å²) < 4.78 is 34.1. The molecule has 3 N–H and O–H groups in total. The Kier molecular flexibility index (Phi) is 8.68. The summed E-state index contributed by atoms with van der Waals surface area (Å²) in [5.74, 6) is 0. The molecule has 0 aromatic heterocycles. The average Bonchev–Trinajstić information content (AvgIpc) is 1.63. The van der Waals surface area contributed by atoms with Gasteiger partial charge in [0.2, 0.25) is 0 Å². The summed E-state index contributed by atoms with van der Waals surface area (Å²) >= 11 is 0. The van der Waals surface area contributed by atoms with Gasteiger partial charge in [0.1, 0.15) is 0 Å². The van der Waals surface area contributed by atoms with Crippen LogP contribution >= 0.6 is 0 Å². The molecule has 0 heterocycles. The molecular formula is C4H12NO4S-. The monoisotopic (exact) mass is 170 g/mol. The van der Waals surface area contributed by atoms with Gasteiger partial charge in [-0.25, -0.2) is 0 Å². The standard InChI is InChI=1S/C4H11N.H2O4S/c1-2-3-4-5;1-5(2,3)4/h2-5H2,1H3;(H2,1,2,3,4)/p-1. The van der Waals surface area contributed by atoms with E-state index < -0.39 is 10.4 Å². The second kappa shape index (κ2) is 6.94. The van der Waals surface area contributed by atoms with Crippen LogP contribution in [-0.4, -0.2) is 24.1 Å². The quantitative estimate of drug-likeness (QED) is 0.410. The van der Waals surface area contributed by atoms with E-state index in [0.717, 1.165) is 6.54 Å². The molecule has 0 saturated carbocycles. The van der Waals surface area contributed by atoms with Gasteiger partial charge in [-0.1, -0.05) is 13.3 Å². The van der Waals surface area contributed by atoms with E-state index >= 15 is 0 Å². The van der Waals surface area contributed by atoms with Crippen molar-refractivity contribution >= 4 is 10.4 Å². The van der Waals surface area contributed by atoms with Crippen LogP contribution in [0, 0.1) is 0 Å². The van der Waals surface area contributed by atoms with Crippen LogP contribution in [-0.2, 0) is 10.4 Å². The van der Waals surface area contributed by atoms with Crippen molar-refractivity contribution in [2.24, 2.45) is 0 Å². The summed E-state index contributed by atoms with van der Waals surface area (Å²) in [5, 5.41) is 0. The third kappa shape index (κ3) is 109. The first-order valence-corrected chi connectivity index (χ1v) is 4.21. The van der Waals surface area contributed by atoms with Crippen LogP contribution in [0.15, 0.2) is 0 Å². The van der Waals surface area contributed by atoms with Gasteiger partial charge in [0.15, 0.2) is 0 Å². The van der Waals surface area contributed by atoms with Gasteiger partial charge in [-0.3, -0.25) is 8.42 Å². The van der Waals surface area contributed by atoms with Gasteiger partial charge < -0.3 is 14.8 Å². The number of hydrogen-bond donors (Lipinski definition) is 1. The molecule has 6 heteroatoms. The van der Waals surface area contributed by atoms with Crippen LogP contribution in [0.1, 0.15) is 19.8 Å². The Bertz CT molecular complexity index is 131. The van der Waals surface area contributed by atoms with E-state index in [1.54, 1.807) is 0 Å². The number of rotatable bonds is 2. The van der Waals surface area contributed by atoms with Crippen LogP contribution in [0.2, 0.25) is 0 Å². The molecule has 0 fully saturated rings. The summed E-state index contributed by atoms with van der Waals surface area (Å²) in [6, 6.07) is 0. The van der Waals surface area contributed by atoms with Gasteiger partial charge >= 0.3 is 0 Å². The van der Waals surface area contributed by atoms with Crippen LogP contribution in [0.25, 0.3) is 0 Å². The van der Waals surface area contributed by atoms with Gasteiger partial charge in [-0.05, 0) is 6.42 Å². The molecule has 0 spiro atoms. The Hall–Kier alpha value is -0.170. The lowest BCUT2D eigenvalue weighted by molar-refractivity contribution is -0.368. The lowest BCUT2D eigenvalue weighted by atomic mass is 10.3. The molecule has 0 aliphatic carbocycles. The van der Waals surface area contributed by atoms with Crippen molar-refractivity contribution in [2.45, 2.75) is 19.8 Å². The first-order valence-electron chi connectivity index (χ1n) is 2.87. The van der Waals surface area contributed by atoms with Crippen molar-refractivity contribution in [3.05, 3.63) is 0 Å². The van der Waals surface area contributed by atoms with E-state index in [0.29, 0.717) is 0 Å². The van der Waals surface area contributed by atoms with E-state index in [9.17, 15) is 0 Å². The third-order valence-corrected chi connectivity index (χ3v) is 0.604. The van der Waals surface area contributed by atoms with Crippen molar-refractivity contribution in [3.8, 4) is 0 Å². The van der Waals surface area contributed by atoms with Gasteiger partial charge in [-0.2, -0.15) is 0 Å². The predicted molar refractivity (Wildman–Crippen MR) is 33.1 cm³/mol. The molecule has 0 bridgehead atoms. The lowest BCUT2D eigenvalue weighted by Gasteiger charge is -2.06. The number of hydrogen-bond acceptors (Lipinski definition) is 4. The van der Waals surface area contributed by atoms with Crippen LogP contribution in [0.3, 0.4) is 0 Å². The first kappa shape index (κ1) is 12.5. The second-order valence-electron chi connectivity index (χ2n) is 1.62. The molecule has 0 rings (SSSR count). The molecule has 64 valence electrons. The number of unbranched alkanes of at least 4 members (excludes halogenated alkanes) is 1. The molecule has 0 aliphatic rings. The van der Waals surface area contributed by atoms with Crippen LogP contribution in [0.4, 0.5) is 0 Å². The summed E-state index contributed by atoms with van der Waals surface area (Å²) in [4.78, 5) is 0. The summed E-state index contributed by atoms with van der Waals surface area (Å²) in [7, 11) is -5.17. The zero-order valence-electron chi connectivity index (χ0n) is 5.87. The zero-order chi connectivity index (χ0) is 8.62. The topological polar surface area (TPSA) is 108 Å². The van der Waals surface area contributed by atoms with Crippen molar-refractivity contribution in [3.63, 3.8) is 0 Å². The molecular weight excluding hydrogens is 158 g/mol. The number of quaternary nitrogens is 1. The molecule has 0 aromatic carbocycles. The molecule has 0 radical (unpaired) electrons. The molecule has 10 heavy (non-hydrogen) atoms. The highest BCUT2D eigenvalue weighted by molar-refractivity contribution is 7.79. The predicted octanol–water partition coefficient (Wildman–Crippen LogP) is -1.31. The van der Waals surface area contributed by atoms with Crippen molar-refractivity contribution in [1.82, 2.24) is 0 Å². The van der Waals surface area contributed by atoms with Gasteiger partial charge in [-0.15, -0.1) is 0 Å². The first-order chi connectivity index (χ1) is 4.41. The molecule has 0 unspecified atom stereocenters. The maximum absolute atomic E-state index is 8.52. The Morgan fingerprint density at radius 3 is 1.70 bits per heavy atom. The molecule has 5 nitrogen and oxygen atoms in total. The average molecular weight is 170 g/mol. The minimum Gasteiger partial charge on any atom is -0.759 e. The van der Waals surface area contributed by atoms with E-state index in [4.69, 9.17) is 17.5 Å². The lowest BCUT2D eigenvalue weighted by Crippen LogP contribution is -2.49. The summed E-state index contributed by atoms with van der Waals surface area (Å²) in [6.07, 6.45) is 2.56. The SMILES string of the molecule is CCCC[NH3+].O=S(=O)([O-])[O-]. The summed E-state index contributed by atoms with van der Waals surface area (Å²) in [6.45, 7) is 3.27. The maximum Gasteiger partial charge on any atom is 0.0739 e. The second-order valence-corrected chi connectivity index (χ2v) is 2.43. The molecule has 0 amide bonds. The van der Waals surface area contributed by atoms with Crippen molar-refractivity contribution < 1.29 is 23.3 Å². The smallest absolute Gasteiger partial charge is 0.0739 e. The Balaban J connectivity index is 0. The zero-order valence-corrected chi connectivity index (χ0v) is 6.69. The fourth-order valence-corrected chi connectivity index (χ4v) is 0.250. The van der Waals surface area contributed by atoms with Gasteiger partial charge in [0.05, 0.1) is 6.54 Å². The Morgan fingerprint density at radius 2 is 1.70 bits per heavy atom. The summed E-state index contributed by atoms with van der Waals surface area (Å²) in [5.41, 5.74) is 3.68. The van der Waals surface area contributed by atoms with E-state index in [-0.39, 0.29) is 0 Å². The highest BCUT2D eigenvalue weighted by Gasteiger charge is 1.71. The minimum atomic E-state index is -5.17. The van der Waals surface area contributed by atoms with Crippen molar-refractivity contribution in [1.29, 1.82) is 0 Å². The van der Waals surface area contributed by atoms with E-state index in [1.807, 2.05) is 0 Å². The highest BCUT2D eigenvalue weighted by Crippen LogP contribution is 1.75. The fourth-order valence-electron chi connectivity index (χ4n) is 0.250. The normalized spacial score (nSPS) is 10.0. The largest absolute Gasteiger partial charge is 0.759 e. The highest BCUT2D eigenvalue weighted by atomic mass is 32.3. The fraction of sp³-hybridized carbons (Fsp3) is 1.00. The van der Waals surface area contributed by atoms with Crippen LogP contribution < -0.4 is 5.73 Å². The van der Waals surface area contributed by atoms with Crippen molar-refractivity contribution in [2.75, 3.05) is 6.54 Å².